The van der Waals surface area contributed by atoms with Gasteiger partial charge < -0.3 is 5.32 Å². The highest BCUT2D eigenvalue weighted by molar-refractivity contribution is 6.56. The summed E-state index contributed by atoms with van der Waals surface area (Å²) in [6, 6.07) is 11.0. The van der Waals surface area contributed by atoms with Gasteiger partial charge in [-0.1, -0.05) is 86.5 Å². The van der Waals surface area contributed by atoms with Crippen molar-refractivity contribution in [3.63, 3.8) is 0 Å². The van der Waals surface area contributed by atoms with E-state index in [1.165, 1.54) is 19.3 Å². The molecule has 2 rings (SSSR count). The Labute approximate surface area is 133 Å². The summed E-state index contributed by atoms with van der Waals surface area (Å²) in [4.78, 5) is 0. The predicted molar refractivity (Wildman–Crippen MR) is 99.3 cm³/mol. The van der Waals surface area contributed by atoms with Gasteiger partial charge in [0.15, 0.2) is 0 Å². The average molecular weight is 302 g/mol. The van der Waals surface area contributed by atoms with Crippen LogP contribution < -0.4 is 10.5 Å². The molecule has 1 aliphatic rings. The van der Waals surface area contributed by atoms with Gasteiger partial charge in [-0.2, -0.15) is 0 Å². The summed E-state index contributed by atoms with van der Waals surface area (Å²) >= 11 is 0. The molecular formula is C19H31NSi. The van der Waals surface area contributed by atoms with Crippen LogP contribution in [0.3, 0.4) is 0 Å². The van der Waals surface area contributed by atoms with Crippen molar-refractivity contribution in [3.05, 3.63) is 54.1 Å². The van der Waals surface area contributed by atoms with Crippen molar-refractivity contribution in [2.75, 3.05) is 13.1 Å². The van der Waals surface area contributed by atoms with Crippen LogP contribution >= 0.6 is 0 Å². The van der Waals surface area contributed by atoms with Crippen LogP contribution in [0.15, 0.2) is 54.1 Å². The number of nitrogens with one attached hydrogen (secondary N) is 1. The minimum Gasteiger partial charge on any atom is -0.317 e. The Hall–Kier alpha value is -1.12. The highest BCUT2D eigenvalue weighted by Crippen LogP contribution is 2.28. The third-order valence-corrected chi connectivity index (χ3v) is 5.93. The quantitative estimate of drug-likeness (QED) is 0.759. The third-order valence-electron chi connectivity index (χ3n) is 3.75. The number of hydrogen-bond donors (Lipinski definition) is 1. The van der Waals surface area contributed by atoms with Gasteiger partial charge in [-0.05, 0) is 31.5 Å². The Morgan fingerprint density at radius 1 is 1.05 bits per heavy atom. The van der Waals surface area contributed by atoms with Crippen LogP contribution in [0.4, 0.5) is 0 Å². The highest BCUT2D eigenvalue weighted by atomic mass is 28.2. The summed E-state index contributed by atoms with van der Waals surface area (Å²) in [7, 11) is -0.165. The molecule has 1 atom stereocenters. The van der Waals surface area contributed by atoms with E-state index in [4.69, 9.17) is 0 Å². The van der Waals surface area contributed by atoms with Crippen molar-refractivity contribution in [3.8, 4) is 0 Å². The number of unbranched alkanes of at least 4 members (excludes halogenated alkanes) is 1. The van der Waals surface area contributed by atoms with Gasteiger partial charge in [-0.25, -0.2) is 0 Å². The Morgan fingerprint density at radius 3 is 2.33 bits per heavy atom. The van der Waals surface area contributed by atoms with Crippen LogP contribution in [0.25, 0.3) is 0 Å². The topological polar surface area (TPSA) is 12.0 Å². The molecule has 0 aliphatic heterocycles. The van der Waals surface area contributed by atoms with Crippen LogP contribution in [0.1, 0.15) is 40.0 Å². The van der Waals surface area contributed by atoms with Crippen molar-refractivity contribution in [1.29, 1.82) is 0 Å². The number of hydrogen-bond acceptors (Lipinski definition) is 1. The van der Waals surface area contributed by atoms with E-state index in [0.29, 0.717) is 0 Å². The zero-order chi connectivity index (χ0) is 15.3. The van der Waals surface area contributed by atoms with E-state index in [2.05, 4.69) is 74.6 Å². The maximum Gasteiger partial charge on any atom is 0.0667 e. The maximum atomic E-state index is 3.11. The van der Waals surface area contributed by atoms with Gasteiger partial charge in [0.2, 0.25) is 0 Å². The van der Waals surface area contributed by atoms with Crippen molar-refractivity contribution in [2.24, 2.45) is 0 Å². The second-order valence-electron chi connectivity index (χ2n) is 5.48. The molecule has 21 heavy (non-hydrogen) atoms. The number of rotatable bonds is 7. The van der Waals surface area contributed by atoms with E-state index >= 15 is 0 Å². The van der Waals surface area contributed by atoms with Crippen molar-refractivity contribution < 1.29 is 0 Å². The van der Waals surface area contributed by atoms with Crippen LogP contribution in [0.2, 0.25) is 5.54 Å². The Balaban J connectivity index is 0.000000383. The predicted octanol–water partition coefficient (Wildman–Crippen LogP) is 3.57. The van der Waals surface area contributed by atoms with Crippen molar-refractivity contribution in [1.82, 2.24) is 5.32 Å². The van der Waals surface area contributed by atoms with E-state index in [1.807, 2.05) is 0 Å². The van der Waals surface area contributed by atoms with Crippen LogP contribution in [0.5, 0.6) is 0 Å². The molecule has 0 aromatic heterocycles. The summed E-state index contributed by atoms with van der Waals surface area (Å²) in [6.45, 7) is 8.66. The molecule has 1 nitrogen and oxygen atoms in total. The Morgan fingerprint density at radius 2 is 1.76 bits per heavy atom. The van der Waals surface area contributed by atoms with Gasteiger partial charge in [0.25, 0.3) is 0 Å². The summed E-state index contributed by atoms with van der Waals surface area (Å²) < 4.78 is 0. The van der Waals surface area contributed by atoms with E-state index in [9.17, 15) is 0 Å². The molecule has 1 aromatic carbocycles. The van der Waals surface area contributed by atoms with Gasteiger partial charge >= 0.3 is 0 Å². The lowest BCUT2D eigenvalue weighted by molar-refractivity contribution is 0.762. The first-order chi connectivity index (χ1) is 10.3. The largest absolute Gasteiger partial charge is 0.317 e. The molecule has 0 saturated carbocycles. The molecule has 1 aliphatic carbocycles. The third kappa shape index (κ3) is 7.44. The Kier molecular flexibility index (Phi) is 9.84. The van der Waals surface area contributed by atoms with Crippen LogP contribution in [-0.2, 0) is 0 Å². The van der Waals surface area contributed by atoms with Gasteiger partial charge in [0, 0.05) is 0 Å². The second-order valence-corrected chi connectivity index (χ2v) is 7.59. The fourth-order valence-corrected chi connectivity index (χ4v) is 4.48. The number of benzene rings is 1. The van der Waals surface area contributed by atoms with Crippen molar-refractivity contribution >= 4 is 14.7 Å². The SMILES string of the molecule is CCCCC1=CC=CC1[SiH2]c1ccccc1.CCNCC. The maximum absolute atomic E-state index is 3.11. The average Bonchev–Trinajstić information content (AvgIpc) is 2.95. The fraction of sp³-hybridized carbons (Fsp3) is 0.474. The van der Waals surface area contributed by atoms with Crippen molar-refractivity contribution in [2.45, 2.75) is 45.6 Å². The molecule has 0 fully saturated rings. The molecule has 1 unspecified atom stereocenters. The zero-order valence-corrected chi connectivity index (χ0v) is 15.4. The van der Waals surface area contributed by atoms with Gasteiger partial charge in [0.1, 0.15) is 0 Å². The fourth-order valence-electron chi connectivity index (χ4n) is 2.53. The van der Waals surface area contributed by atoms with E-state index in [1.54, 1.807) is 10.8 Å². The molecular weight excluding hydrogens is 270 g/mol. The molecule has 0 spiro atoms. The second kappa shape index (κ2) is 11.5. The molecule has 0 radical (unpaired) electrons. The summed E-state index contributed by atoms with van der Waals surface area (Å²) in [5, 5.41) is 4.70. The summed E-state index contributed by atoms with van der Waals surface area (Å²) in [5.41, 5.74) is 2.46. The first kappa shape index (κ1) is 17.9. The van der Waals surface area contributed by atoms with Gasteiger partial charge in [-0.3, -0.25) is 0 Å². The zero-order valence-electron chi connectivity index (χ0n) is 13.9. The summed E-state index contributed by atoms with van der Waals surface area (Å²) in [5.74, 6) is 0. The molecule has 0 saturated heterocycles. The lowest BCUT2D eigenvalue weighted by Crippen LogP contribution is -2.18. The van der Waals surface area contributed by atoms with E-state index in [0.717, 1.165) is 18.6 Å². The minimum atomic E-state index is -0.165. The summed E-state index contributed by atoms with van der Waals surface area (Å²) in [6.07, 6.45) is 10.9. The van der Waals surface area contributed by atoms with Crippen LogP contribution in [-0.4, -0.2) is 22.6 Å². The normalized spacial score (nSPS) is 16.9. The minimum absolute atomic E-state index is 0.165. The monoisotopic (exact) mass is 301 g/mol. The van der Waals surface area contributed by atoms with Crippen LogP contribution in [0, 0.1) is 0 Å². The number of allylic oxidation sites excluding steroid dienone is 4. The lowest BCUT2D eigenvalue weighted by Gasteiger charge is -2.13. The Bertz CT molecular complexity index is 420. The molecule has 0 bridgehead atoms. The molecule has 0 heterocycles. The highest BCUT2D eigenvalue weighted by Gasteiger charge is 2.14. The first-order valence-electron chi connectivity index (χ1n) is 8.43. The smallest absolute Gasteiger partial charge is 0.0667 e. The van der Waals surface area contributed by atoms with E-state index in [-0.39, 0.29) is 9.52 Å². The standard InChI is InChI=1S/C15H20Si.C4H11N/c1-2-3-8-13-9-7-12-15(13)16-14-10-5-4-6-11-14;1-3-5-4-2/h4-7,9-12,15H,2-3,8,16H2,1H3;5H,3-4H2,1-2H3. The molecule has 0 amide bonds. The van der Waals surface area contributed by atoms with Gasteiger partial charge in [0.05, 0.1) is 9.52 Å². The lowest BCUT2D eigenvalue weighted by atomic mass is 10.1. The van der Waals surface area contributed by atoms with Gasteiger partial charge in [-0.15, -0.1) is 0 Å². The molecule has 116 valence electrons. The van der Waals surface area contributed by atoms with E-state index < -0.39 is 0 Å². The molecule has 1 N–H and O–H groups in total. The molecule has 2 heteroatoms. The first-order valence-corrected chi connectivity index (χ1v) is 9.96. The molecule has 1 aromatic rings.